The Kier molecular flexibility index (Phi) is 8.01. The van der Waals surface area contributed by atoms with Gasteiger partial charge in [0.25, 0.3) is 11.7 Å². The molecular weight excluding hydrogens is 520 g/mol. The van der Waals surface area contributed by atoms with Gasteiger partial charge in [0.05, 0.1) is 25.8 Å². The zero-order chi connectivity index (χ0) is 28.9. The summed E-state index contributed by atoms with van der Waals surface area (Å²) in [5.41, 5.74) is 3.96. The largest absolute Gasteiger partial charge is 0.507 e. The molecule has 1 unspecified atom stereocenters. The van der Waals surface area contributed by atoms with Crippen LogP contribution >= 0.6 is 0 Å². The number of aryl methyl sites for hydroxylation is 1. The molecule has 1 aliphatic heterocycles. The maximum atomic E-state index is 13.4. The molecule has 8 heteroatoms. The lowest BCUT2D eigenvalue weighted by Gasteiger charge is -2.26. The highest BCUT2D eigenvalue weighted by Crippen LogP contribution is 2.42. The van der Waals surface area contributed by atoms with E-state index in [0.29, 0.717) is 35.0 Å². The molecule has 2 heterocycles. The molecule has 3 aromatic carbocycles. The first-order chi connectivity index (χ1) is 19.9. The van der Waals surface area contributed by atoms with Gasteiger partial charge in [0.1, 0.15) is 18.1 Å². The molecule has 41 heavy (non-hydrogen) atoms. The predicted octanol–water partition coefficient (Wildman–Crippen LogP) is 5.61. The Hall–Kier alpha value is -5.11. The predicted molar refractivity (Wildman–Crippen MR) is 154 cm³/mol. The van der Waals surface area contributed by atoms with E-state index in [-0.39, 0.29) is 17.9 Å². The summed E-state index contributed by atoms with van der Waals surface area (Å²) < 4.78 is 16.8. The molecule has 1 saturated heterocycles. The lowest BCUT2D eigenvalue weighted by atomic mass is 9.94. The Morgan fingerprint density at radius 1 is 0.878 bits per heavy atom. The van der Waals surface area contributed by atoms with Crippen LogP contribution in [0.4, 0.5) is 0 Å². The molecule has 208 valence electrons. The second-order valence-electron chi connectivity index (χ2n) is 9.70. The summed E-state index contributed by atoms with van der Waals surface area (Å²) >= 11 is 0. The lowest BCUT2D eigenvalue weighted by Crippen LogP contribution is -2.29. The Morgan fingerprint density at radius 3 is 2.29 bits per heavy atom. The number of carbonyl (C=O) groups excluding carboxylic acids is 2. The summed E-state index contributed by atoms with van der Waals surface area (Å²) in [5.74, 6) is -0.196. The monoisotopic (exact) mass is 550 g/mol. The molecule has 5 rings (SSSR count). The number of Topliss-reactive ketones (excluding diaryl/α,β-unsaturated/α-hetero) is 1. The molecule has 1 fully saturated rings. The van der Waals surface area contributed by atoms with Crippen molar-refractivity contribution in [2.75, 3.05) is 14.2 Å². The number of amides is 1. The fraction of sp³-hybridized carbons (Fsp3) is 0.182. The molecular formula is C33H30N2O6. The van der Waals surface area contributed by atoms with Gasteiger partial charge in [-0.1, -0.05) is 35.9 Å². The van der Waals surface area contributed by atoms with Crippen LogP contribution < -0.4 is 14.2 Å². The van der Waals surface area contributed by atoms with Gasteiger partial charge in [0.2, 0.25) is 0 Å². The van der Waals surface area contributed by atoms with Gasteiger partial charge in [-0.15, -0.1) is 0 Å². The van der Waals surface area contributed by atoms with Crippen LogP contribution in [0.5, 0.6) is 17.2 Å². The molecule has 0 spiro atoms. The molecule has 1 amide bonds. The number of methoxy groups -OCH3 is 2. The van der Waals surface area contributed by atoms with E-state index in [0.717, 1.165) is 16.7 Å². The number of ketones is 1. The van der Waals surface area contributed by atoms with Crippen molar-refractivity contribution >= 4 is 17.4 Å². The molecule has 0 bridgehead atoms. The molecule has 1 aliphatic rings. The number of rotatable bonds is 9. The third kappa shape index (κ3) is 5.77. The van der Waals surface area contributed by atoms with Crippen molar-refractivity contribution in [1.82, 2.24) is 9.88 Å². The number of benzene rings is 3. The average Bonchev–Trinajstić information content (AvgIpc) is 3.25. The molecule has 1 aromatic heterocycles. The summed E-state index contributed by atoms with van der Waals surface area (Å²) in [4.78, 5) is 32.3. The van der Waals surface area contributed by atoms with Crippen molar-refractivity contribution in [3.05, 3.63) is 125 Å². The third-order valence-corrected chi connectivity index (χ3v) is 6.98. The Labute approximate surface area is 238 Å². The van der Waals surface area contributed by atoms with Crippen LogP contribution in [0, 0.1) is 6.92 Å². The molecule has 1 N–H and O–H groups in total. The van der Waals surface area contributed by atoms with Crippen LogP contribution in [0.2, 0.25) is 0 Å². The highest BCUT2D eigenvalue weighted by atomic mass is 16.5. The van der Waals surface area contributed by atoms with E-state index < -0.39 is 17.7 Å². The van der Waals surface area contributed by atoms with Crippen LogP contribution in [0.15, 0.2) is 96.8 Å². The molecule has 8 nitrogen and oxygen atoms in total. The molecule has 0 radical (unpaired) electrons. The van der Waals surface area contributed by atoms with E-state index in [9.17, 15) is 14.7 Å². The number of pyridine rings is 1. The van der Waals surface area contributed by atoms with Crippen molar-refractivity contribution in [3.63, 3.8) is 0 Å². The van der Waals surface area contributed by atoms with E-state index in [1.54, 1.807) is 67.0 Å². The lowest BCUT2D eigenvalue weighted by molar-refractivity contribution is -0.140. The summed E-state index contributed by atoms with van der Waals surface area (Å²) in [6.07, 6.45) is 3.25. The number of aliphatic hydroxyl groups excluding tert-OH is 1. The Bertz CT molecular complexity index is 1600. The molecule has 0 aliphatic carbocycles. The fourth-order valence-electron chi connectivity index (χ4n) is 4.93. The van der Waals surface area contributed by atoms with Gasteiger partial charge in [-0.2, -0.15) is 0 Å². The normalized spacial score (nSPS) is 16.1. The van der Waals surface area contributed by atoms with Gasteiger partial charge in [-0.3, -0.25) is 14.6 Å². The van der Waals surface area contributed by atoms with Gasteiger partial charge in [-0.25, -0.2) is 0 Å². The summed E-state index contributed by atoms with van der Waals surface area (Å²) in [6.45, 7) is 2.57. The maximum absolute atomic E-state index is 13.4. The number of nitrogens with zero attached hydrogens (tertiary/aromatic N) is 2. The Balaban J connectivity index is 1.51. The van der Waals surface area contributed by atoms with Gasteiger partial charge >= 0.3 is 0 Å². The summed E-state index contributed by atoms with van der Waals surface area (Å²) in [6, 6.07) is 22.7. The van der Waals surface area contributed by atoms with Crippen molar-refractivity contribution < 1.29 is 28.9 Å². The van der Waals surface area contributed by atoms with E-state index >= 15 is 0 Å². The highest BCUT2D eigenvalue weighted by molar-refractivity contribution is 6.46. The fourth-order valence-corrected chi connectivity index (χ4v) is 4.93. The topological polar surface area (TPSA) is 98.2 Å². The van der Waals surface area contributed by atoms with Crippen LogP contribution in [0.1, 0.15) is 33.9 Å². The highest BCUT2D eigenvalue weighted by Gasteiger charge is 2.46. The first kappa shape index (κ1) is 27.5. The van der Waals surface area contributed by atoms with E-state index in [1.165, 1.54) is 19.1 Å². The minimum absolute atomic E-state index is 0.00953. The zero-order valence-corrected chi connectivity index (χ0v) is 23.0. The van der Waals surface area contributed by atoms with Gasteiger partial charge in [0.15, 0.2) is 11.5 Å². The van der Waals surface area contributed by atoms with Gasteiger partial charge in [-0.05, 0) is 72.1 Å². The smallest absolute Gasteiger partial charge is 0.295 e. The third-order valence-electron chi connectivity index (χ3n) is 6.98. The zero-order valence-electron chi connectivity index (χ0n) is 23.0. The van der Waals surface area contributed by atoms with E-state index in [2.05, 4.69) is 11.1 Å². The van der Waals surface area contributed by atoms with Gasteiger partial charge < -0.3 is 24.2 Å². The minimum atomic E-state index is -0.861. The standard InChI is InChI=1S/C33H30N2O6/c1-21-5-4-6-23(17-21)20-41-26-10-7-24(8-11-26)31(36)29-30(25-9-12-27(39-2)28(18-25)40-3)35(33(38)32(29)37)19-22-13-15-34-16-14-22/h4-18,30,36H,19-20H2,1-3H3/b31-29-. The van der Waals surface area contributed by atoms with Crippen molar-refractivity contribution in [3.8, 4) is 17.2 Å². The number of aromatic nitrogens is 1. The first-order valence-electron chi connectivity index (χ1n) is 13.1. The molecule has 4 aromatic rings. The summed E-state index contributed by atoms with van der Waals surface area (Å²) in [5, 5.41) is 11.5. The van der Waals surface area contributed by atoms with Crippen LogP contribution in [0.25, 0.3) is 5.76 Å². The summed E-state index contributed by atoms with van der Waals surface area (Å²) in [7, 11) is 3.04. The number of likely N-dealkylation sites (tertiary alicyclic amines) is 1. The van der Waals surface area contributed by atoms with Crippen LogP contribution in [-0.2, 0) is 22.7 Å². The maximum Gasteiger partial charge on any atom is 0.295 e. The van der Waals surface area contributed by atoms with Crippen molar-refractivity contribution in [1.29, 1.82) is 0 Å². The van der Waals surface area contributed by atoms with Crippen LogP contribution in [-0.4, -0.2) is 40.9 Å². The SMILES string of the molecule is COc1ccc(C2/C(=C(/O)c3ccc(OCc4cccc(C)c4)cc3)C(=O)C(=O)N2Cc2ccncc2)cc1OC. The quantitative estimate of drug-likeness (QED) is 0.164. The number of hydrogen-bond donors (Lipinski definition) is 1. The second-order valence-corrected chi connectivity index (χ2v) is 9.70. The average molecular weight is 551 g/mol. The van der Waals surface area contributed by atoms with Crippen molar-refractivity contribution in [2.24, 2.45) is 0 Å². The second kappa shape index (κ2) is 12.0. The number of aliphatic hydroxyl groups is 1. The van der Waals surface area contributed by atoms with Gasteiger partial charge in [0, 0.05) is 24.5 Å². The van der Waals surface area contributed by atoms with E-state index in [4.69, 9.17) is 14.2 Å². The number of hydrogen-bond acceptors (Lipinski definition) is 7. The molecule has 1 atom stereocenters. The Morgan fingerprint density at radius 2 is 1.61 bits per heavy atom. The number of ether oxygens (including phenoxy) is 3. The van der Waals surface area contributed by atoms with E-state index in [1.807, 2.05) is 25.1 Å². The minimum Gasteiger partial charge on any atom is -0.507 e. The first-order valence-corrected chi connectivity index (χ1v) is 13.1. The van der Waals surface area contributed by atoms with Crippen LogP contribution in [0.3, 0.4) is 0 Å². The molecule has 0 saturated carbocycles. The van der Waals surface area contributed by atoms with Crippen molar-refractivity contribution in [2.45, 2.75) is 26.1 Å². The number of carbonyl (C=O) groups is 2.